The normalized spacial score (nSPS) is 11.5. The molecule has 112 valence electrons. The molecule has 2 aromatic rings. The Bertz CT molecular complexity index is 606. The third-order valence-corrected chi connectivity index (χ3v) is 3.71. The van der Waals surface area contributed by atoms with Gasteiger partial charge in [-0.1, -0.05) is 46.3 Å². The number of aryl methyl sites for hydroxylation is 1. The second-order valence-electron chi connectivity index (χ2n) is 4.68. The largest absolute Gasteiger partial charge is 0.488 e. The number of hydrogen-bond acceptors (Lipinski definition) is 1. The van der Waals surface area contributed by atoms with Gasteiger partial charge in [-0.05, 0) is 30.2 Å². The van der Waals surface area contributed by atoms with Crippen LogP contribution >= 0.6 is 15.9 Å². The van der Waals surface area contributed by atoms with E-state index in [1.165, 1.54) is 12.1 Å². The number of rotatable bonds is 4. The molecule has 2 rings (SSSR count). The summed E-state index contributed by atoms with van der Waals surface area (Å²) in [5, 5.41) is 0.664. The molecule has 0 amide bonds. The lowest BCUT2D eigenvalue weighted by Crippen LogP contribution is -2.05. The minimum absolute atomic E-state index is 0.239. The van der Waals surface area contributed by atoms with Crippen molar-refractivity contribution >= 4 is 15.9 Å². The summed E-state index contributed by atoms with van der Waals surface area (Å²) in [5.74, 6) is 0.772. The van der Waals surface area contributed by atoms with Gasteiger partial charge in [-0.2, -0.15) is 13.2 Å². The fraction of sp³-hybridized carbons (Fsp3) is 0.250. The Balaban J connectivity index is 2.10. The van der Waals surface area contributed by atoms with Gasteiger partial charge in [-0.25, -0.2) is 0 Å². The average Bonchev–Trinajstić information content (AvgIpc) is 2.45. The van der Waals surface area contributed by atoms with Crippen molar-refractivity contribution < 1.29 is 17.9 Å². The molecule has 0 spiro atoms. The molecule has 5 heteroatoms. The third-order valence-electron chi connectivity index (χ3n) is 3.10. The van der Waals surface area contributed by atoms with E-state index in [4.69, 9.17) is 4.74 Å². The van der Waals surface area contributed by atoms with Crippen LogP contribution in [0.15, 0.2) is 42.5 Å². The van der Waals surface area contributed by atoms with Crippen LogP contribution in [-0.2, 0) is 18.1 Å². The number of ether oxygens (including phenoxy) is 1. The first-order valence-corrected chi connectivity index (χ1v) is 7.47. The van der Waals surface area contributed by atoms with Crippen LogP contribution in [0.2, 0.25) is 0 Å². The first kappa shape index (κ1) is 15.9. The molecule has 0 aliphatic rings. The van der Waals surface area contributed by atoms with Crippen molar-refractivity contribution in [3.05, 3.63) is 64.7 Å². The molecule has 0 saturated carbocycles. The van der Waals surface area contributed by atoms with Crippen LogP contribution in [0.3, 0.4) is 0 Å². The summed E-state index contributed by atoms with van der Waals surface area (Å²) in [6, 6.07) is 10.8. The molecule has 0 aliphatic carbocycles. The van der Waals surface area contributed by atoms with Crippen LogP contribution in [0.25, 0.3) is 0 Å². The minimum atomic E-state index is -4.31. The highest BCUT2D eigenvalue weighted by Crippen LogP contribution is 2.30. The average molecular weight is 359 g/mol. The van der Waals surface area contributed by atoms with Crippen LogP contribution in [-0.4, -0.2) is 0 Å². The molecule has 0 N–H and O–H groups in total. The summed E-state index contributed by atoms with van der Waals surface area (Å²) in [4.78, 5) is 0. The summed E-state index contributed by atoms with van der Waals surface area (Å²) in [6.45, 7) is 2.18. The quantitative estimate of drug-likeness (QED) is 0.656. The fourth-order valence-electron chi connectivity index (χ4n) is 1.97. The predicted octanol–water partition coefficient (Wildman–Crippen LogP) is 5.49. The van der Waals surface area contributed by atoms with E-state index in [2.05, 4.69) is 15.9 Å². The zero-order valence-electron chi connectivity index (χ0n) is 11.4. The Kier molecular flexibility index (Phi) is 4.93. The first-order valence-electron chi connectivity index (χ1n) is 6.35. The van der Waals surface area contributed by atoms with Crippen molar-refractivity contribution in [2.24, 2.45) is 0 Å². The molecule has 0 bridgehead atoms. The maximum Gasteiger partial charge on any atom is 0.416 e. The molecule has 0 unspecified atom stereocenters. The zero-order valence-corrected chi connectivity index (χ0v) is 13.0. The van der Waals surface area contributed by atoms with E-state index in [1.54, 1.807) is 0 Å². The van der Waals surface area contributed by atoms with Crippen molar-refractivity contribution in [3.8, 4) is 5.75 Å². The van der Waals surface area contributed by atoms with Gasteiger partial charge in [0.25, 0.3) is 0 Å². The number of alkyl halides is 4. The van der Waals surface area contributed by atoms with E-state index in [0.29, 0.717) is 10.9 Å². The Hall–Kier alpha value is -1.49. The Morgan fingerprint density at radius 3 is 2.29 bits per heavy atom. The molecule has 0 fully saturated rings. The lowest BCUT2D eigenvalue weighted by molar-refractivity contribution is -0.137. The van der Waals surface area contributed by atoms with Gasteiger partial charge in [-0.3, -0.25) is 0 Å². The molecule has 0 aliphatic heterocycles. The monoisotopic (exact) mass is 358 g/mol. The minimum Gasteiger partial charge on any atom is -0.488 e. The Labute approximate surface area is 129 Å². The highest BCUT2D eigenvalue weighted by atomic mass is 79.9. The number of benzene rings is 2. The molecule has 2 aromatic carbocycles. The van der Waals surface area contributed by atoms with Gasteiger partial charge in [-0.15, -0.1) is 0 Å². The van der Waals surface area contributed by atoms with Crippen LogP contribution in [0, 0.1) is 6.92 Å². The van der Waals surface area contributed by atoms with Gasteiger partial charge in [0.2, 0.25) is 0 Å². The van der Waals surface area contributed by atoms with E-state index in [9.17, 15) is 13.2 Å². The van der Waals surface area contributed by atoms with E-state index >= 15 is 0 Å². The topological polar surface area (TPSA) is 9.23 Å². The molecule has 0 heterocycles. The molecule has 0 atom stereocenters. The van der Waals surface area contributed by atoms with E-state index in [-0.39, 0.29) is 6.61 Å². The highest BCUT2D eigenvalue weighted by molar-refractivity contribution is 9.08. The van der Waals surface area contributed by atoms with Gasteiger partial charge < -0.3 is 4.74 Å². The molecule has 1 nitrogen and oxygen atoms in total. The number of halogens is 4. The van der Waals surface area contributed by atoms with Crippen LogP contribution in [0.1, 0.15) is 22.3 Å². The standard InChI is InChI=1S/C16H14BrF3O/c1-11-3-2-4-13(9-17)15(11)21-10-12-5-7-14(8-6-12)16(18,19)20/h2-8H,9-10H2,1H3. The Morgan fingerprint density at radius 2 is 1.71 bits per heavy atom. The molecule has 0 radical (unpaired) electrons. The van der Waals surface area contributed by atoms with Crippen LogP contribution in [0.5, 0.6) is 5.75 Å². The maximum absolute atomic E-state index is 12.5. The van der Waals surface area contributed by atoms with Crippen LogP contribution in [0.4, 0.5) is 13.2 Å². The number of hydrogen-bond donors (Lipinski definition) is 0. The molecular formula is C16H14BrF3O. The summed E-state index contributed by atoms with van der Waals surface area (Å²) < 4.78 is 43.2. The summed E-state index contributed by atoms with van der Waals surface area (Å²) >= 11 is 3.40. The molecule has 21 heavy (non-hydrogen) atoms. The van der Waals surface area contributed by atoms with Crippen molar-refractivity contribution in [2.75, 3.05) is 0 Å². The molecule has 0 aromatic heterocycles. The van der Waals surface area contributed by atoms with Gasteiger partial charge in [0.15, 0.2) is 0 Å². The summed E-state index contributed by atoms with van der Waals surface area (Å²) in [5.41, 5.74) is 2.07. The highest BCUT2D eigenvalue weighted by Gasteiger charge is 2.29. The Morgan fingerprint density at radius 1 is 1.05 bits per heavy atom. The van der Waals surface area contributed by atoms with Gasteiger partial charge in [0, 0.05) is 10.9 Å². The third kappa shape index (κ3) is 4.00. The lowest BCUT2D eigenvalue weighted by atomic mass is 10.1. The van der Waals surface area contributed by atoms with Crippen molar-refractivity contribution in [1.29, 1.82) is 0 Å². The van der Waals surface area contributed by atoms with Gasteiger partial charge in [0.05, 0.1) is 5.56 Å². The summed E-state index contributed by atoms with van der Waals surface area (Å²) in [7, 11) is 0. The van der Waals surface area contributed by atoms with Crippen LogP contribution < -0.4 is 4.74 Å². The zero-order chi connectivity index (χ0) is 15.5. The second-order valence-corrected chi connectivity index (χ2v) is 5.24. The molecule has 0 saturated heterocycles. The van der Waals surface area contributed by atoms with E-state index < -0.39 is 11.7 Å². The summed E-state index contributed by atoms with van der Waals surface area (Å²) in [6.07, 6.45) is -4.31. The predicted molar refractivity (Wildman–Crippen MR) is 79.6 cm³/mol. The van der Waals surface area contributed by atoms with Crippen molar-refractivity contribution in [3.63, 3.8) is 0 Å². The SMILES string of the molecule is Cc1cccc(CBr)c1OCc1ccc(C(F)(F)F)cc1. The van der Waals surface area contributed by atoms with Gasteiger partial charge >= 0.3 is 6.18 Å². The van der Waals surface area contributed by atoms with Crippen molar-refractivity contribution in [2.45, 2.75) is 25.0 Å². The smallest absolute Gasteiger partial charge is 0.416 e. The van der Waals surface area contributed by atoms with E-state index in [0.717, 1.165) is 29.0 Å². The fourth-order valence-corrected chi connectivity index (χ4v) is 2.41. The number of para-hydroxylation sites is 1. The molecular weight excluding hydrogens is 345 g/mol. The van der Waals surface area contributed by atoms with E-state index in [1.807, 2.05) is 25.1 Å². The first-order chi connectivity index (χ1) is 9.91. The second kappa shape index (κ2) is 6.52. The lowest BCUT2D eigenvalue weighted by Gasteiger charge is -2.13. The van der Waals surface area contributed by atoms with Crippen molar-refractivity contribution in [1.82, 2.24) is 0 Å². The maximum atomic E-state index is 12.5. The van der Waals surface area contributed by atoms with Gasteiger partial charge in [0.1, 0.15) is 12.4 Å².